The highest BCUT2D eigenvalue weighted by Gasteiger charge is 2.35. The number of rotatable bonds is 4. The van der Waals surface area contributed by atoms with Gasteiger partial charge in [0, 0.05) is 17.7 Å². The van der Waals surface area contributed by atoms with E-state index in [4.69, 9.17) is 14.2 Å². The minimum Gasteiger partial charge on any atom is -0.493 e. The molecule has 0 atom stereocenters. The maximum absolute atomic E-state index is 12.6. The molecule has 1 aliphatic rings. The van der Waals surface area contributed by atoms with Gasteiger partial charge >= 0.3 is 0 Å². The lowest BCUT2D eigenvalue weighted by Crippen LogP contribution is -2.26. The van der Waals surface area contributed by atoms with E-state index in [9.17, 15) is 4.79 Å². The Labute approximate surface area is 141 Å². The predicted molar refractivity (Wildman–Crippen MR) is 90.1 cm³/mol. The molecule has 3 rings (SSSR count). The van der Waals surface area contributed by atoms with Crippen LogP contribution in [-0.2, 0) is 6.42 Å². The summed E-state index contributed by atoms with van der Waals surface area (Å²) in [5.41, 5.74) is 2.90. The fraction of sp³-hybridized carbons (Fsp3) is 0.444. The molecule has 1 aliphatic carbocycles. The number of carbonyl (C=O) groups is 1. The fourth-order valence-corrected chi connectivity index (χ4v) is 3.30. The number of hydrogen-bond acceptors (Lipinski definition) is 5. The molecule has 6 nitrogen and oxygen atoms in total. The third-order valence-electron chi connectivity index (χ3n) is 4.35. The third kappa shape index (κ3) is 2.62. The van der Waals surface area contributed by atoms with Gasteiger partial charge in [-0.3, -0.25) is 9.89 Å². The number of nitrogens with one attached hydrogen (secondary N) is 1. The number of hydrogen-bond donors (Lipinski definition) is 1. The zero-order valence-electron chi connectivity index (χ0n) is 14.6. The van der Waals surface area contributed by atoms with Crippen LogP contribution in [0.25, 0.3) is 11.3 Å². The quantitative estimate of drug-likeness (QED) is 0.931. The summed E-state index contributed by atoms with van der Waals surface area (Å²) in [4.78, 5) is 12.6. The summed E-state index contributed by atoms with van der Waals surface area (Å²) in [7, 11) is 4.69. The van der Waals surface area contributed by atoms with Crippen LogP contribution in [0.1, 0.15) is 36.3 Å². The average Bonchev–Trinajstić information content (AvgIpc) is 2.95. The van der Waals surface area contributed by atoms with Gasteiger partial charge in [-0.2, -0.15) is 5.10 Å². The summed E-state index contributed by atoms with van der Waals surface area (Å²) in [6, 6.07) is 3.62. The summed E-state index contributed by atoms with van der Waals surface area (Å²) in [6.07, 6.45) is 1.31. The van der Waals surface area contributed by atoms with Gasteiger partial charge in [0.25, 0.3) is 0 Å². The monoisotopic (exact) mass is 330 g/mol. The molecule has 0 radical (unpaired) electrons. The molecule has 0 spiro atoms. The summed E-state index contributed by atoms with van der Waals surface area (Å²) in [5, 5.41) is 7.42. The zero-order chi connectivity index (χ0) is 17.5. The van der Waals surface area contributed by atoms with E-state index in [0.29, 0.717) is 34.9 Å². The number of carbonyl (C=O) groups excluding carboxylic acids is 1. The lowest BCUT2D eigenvalue weighted by Gasteiger charge is -2.28. The Kier molecular flexibility index (Phi) is 3.99. The van der Waals surface area contributed by atoms with Crippen LogP contribution in [0.3, 0.4) is 0 Å². The molecule has 6 heteroatoms. The van der Waals surface area contributed by atoms with Gasteiger partial charge in [-0.1, -0.05) is 13.8 Å². The highest BCUT2D eigenvalue weighted by Crippen LogP contribution is 2.43. The van der Waals surface area contributed by atoms with Crippen molar-refractivity contribution in [3.05, 3.63) is 23.4 Å². The first-order chi connectivity index (χ1) is 11.4. The van der Waals surface area contributed by atoms with Gasteiger partial charge in [0.05, 0.1) is 26.9 Å². The van der Waals surface area contributed by atoms with Crippen molar-refractivity contribution >= 4 is 5.78 Å². The molecule has 0 fully saturated rings. The SMILES string of the molecule is COc1cc(-c2n[nH]c3c2C(=O)CC(C)(C)C3)cc(OC)c1OC. The Hall–Kier alpha value is -2.50. The van der Waals surface area contributed by atoms with Crippen LogP contribution < -0.4 is 14.2 Å². The number of ketones is 1. The van der Waals surface area contributed by atoms with Crippen molar-refractivity contribution in [1.29, 1.82) is 0 Å². The molecular formula is C18H22N2O4. The van der Waals surface area contributed by atoms with E-state index < -0.39 is 0 Å². The van der Waals surface area contributed by atoms with Crippen molar-refractivity contribution in [3.63, 3.8) is 0 Å². The number of H-pyrrole nitrogens is 1. The zero-order valence-corrected chi connectivity index (χ0v) is 14.6. The fourth-order valence-electron chi connectivity index (χ4n) is 3.30. The molecule has 2 aromatic rings. The van der Waals surface area contributed by atoms with E-state index >= 15 is 0 Å². The standard InChI is InChI=1S/C18H22N2O4/c1-18(2)8-11-15(12(21)9-18)16(20-19-11)10-6-13(22-3)17(24-5)14(7-10)23-4/h6-7H,8-9H2,1-5H3,(H,19,20). The van der Waals surface area contributed by atoms with Crippen molar-refractivity contribution in [1.82, 2.24) is 10.2 Å². The Morgan fingerprint density at radius 2 is 1.67 bits per heavy atom. The van der Waals surface area contributed by atoms with Crippen LogP contribution in [0.5, 0.6) is 17.2 Å². The Morgan fingerprint density at radius 1 is 1.04 bits per heavy atom. The van der Waals surface area contributed by atoms with Gasteiger partial charge in [0.1, 0.15) is 5.69 Å². The van der Waals surface area contributed by atoms with Gasteiger partial charge in [-0.05, 0) is 24.0 Å². The first-order valence-corrected chi connectivity index (χ1v) is 7.81. The van der Waals surface area contributed by atoms with E-state index in [1.807, 2.05) is 12.1 Å². The van der Waals surface area contributed by atoms with Gasteiger partial charge in [0.15, 0.2) is 17.3 Å². The van der Waals surface area contributed by atoms with Crippen molar-refractivity contribution < 1.29 is 19.0 Å². The second-order valence-corrected chi connectivity index (χ2v) is 6.78. The molecule has 0 saturated carbocycles. The van der Waals surface area contributed by atoms with Crippen LogP contribution in [0.4, 0.5) is 0 Å². The second kappa shape index (κ2) is 5.85. The topological polar surface area (TPSA) is 73.4 Å². The highest BCUT2D eigenvalue weighted by molar-refractivity contribution is 6.04. The van der Waals surface area contributed by atoms with Crippen molar-refractivity contribution in [2.45, 2.75) is 26.7 Å². The smallest absolute Gasteiger partial charge is 0.203 e. The second-order valence-electron chi connectivity index (χ2n) is 6.78. The number of ether oxygens (including phenoxy) is 3. The highest BCUT2D eigenvalue weighted by atomic mass is 16.5. The molecular weight excluding hydrogens is 308 g/mol. The summed E-state index contributed by atoms with van der Waals surface area (Å²) < 4.78 is 16.1. The molecule has 0 amide bonds. The molecule has 0 aliphatic heterocycles. The van der Waals surface area contributed by atoms with Crippen molar-refractivity contribution in [2.24, 2.45) is 5.41 Å². The summed E-state index contributed by atoms with van der Waals surface area (Å²) in [6.45, 7) is 4.18. The first-order valence-electron chi connectivity index (χ1n) is 7.81. The van der Waals surface area contributed by atoms with Crippen LogP contribution in [0.2, 0.25) is 0 Å². The third-order valence-corrected chi connectivity index (χ3v) is 4.35. The van der Waals surface area contributed by atoms with Crippen molar-refractivity contribution in [2.75, 3.05) is 21.3 Å². The number of methoxy groups -OCH3 is 3. The van der Waals surface area contributed by atoms with E-state index in [2.05, 4.69) is 24.0 Å². The summed E-state index contributed by atoms with van der Waals surface area (Å²) >= 11 is 0. The van der Waals surface area contributed by atoms with Crippen LogP contribution >= 0.6 is 0 Å². The van der Waals surface area contributed by atoms with E-state index in [0.717, 1.165) is 17.7 Å². The number of benzene rings is 1. The maximum Gasteiger partial charge on any atom is 0.203 e. The Balaban J connectivity index is 2.15. The molecule has 1 aromatic heterocycles. The number of aromatic nitrogens is 2. The molecule has 128 valence electrons. The molecule has 1 N–H and O–H groups in total. The van der Waals surface area contributed by atoms with Gasteiger partial charge in [0.2, 0.25) is 5.75 Å². The van der Waals surface area contributed by atoms with E-state index in [1.165, 1.54) is 0 Å². The van der Waals surface area contributed by atoms with Crippen LogP contribution in [-0.4, -0.2) is 37.3 Å². The van der Waals surface area contributed by atoms with Crippen LogP contribution in [0.15, 0.2) is 12.1 Å². The lowest BCUT2D eigenvalue weighted by atomic mass is 9.75. The van der Waals surface area contributed by atoms with Crippen LogP contribution in [0, 0.1) is 5.41 Å². The van der Waals surface area contributed by atoms with Gasteiger partial charge in [-0.15, -0.1) is 0 Å². The van der Waals surface area contributed by atoms with Gasteiger partial charge in [-0.25, -0.2) is 0 Å². The summed E-state index contributed by atoms with van der Waals surface area (Å²) in [5.74, 6) is 1.69. The minimum atomic E-state index is -0.0524. The number of aromatic amines is 1. The molecule has 0 bridgehead atoms. The Bertz CT molecular complexity index is 767. The maximum atomic E-state index is 12.6. The predicted octanol–water partition coefficient (Wildman–Crippen LogP) is 3.26. The van der Waals surface area contributed by atoms with Gasteiger partial charge < -0.3 is 14.2 Å². The molecule has 24 heavy (non-hydrogen) atoms. The van der Waals surface area contributed by atoms with E-state index in [1.54, 1.807) is 21.3 Å². The Morgan fingerprint density at radius 3 is 2.21 bits per heavy atom. The normalized spacial score (nSPS) is 15.8. The van der Waals surface area contributed by atoms with Crippen molar-refractivity contribution in [3.8, 4) is 28.5 Å². The molecule has 0 saturated heterocycles. The lowest BCUT2D eigenvalue weighted by molar-refractivity contribution is 0.0912. The largest absolute Gasteiger partial charge is 0.493 e. The molecule has 1 aromatic carbocycles. The molecule has 0 unspecified atom stereocenters. The number of Topliss-reactive ketones (excluding diaryl/α,β-unsaturated/α-hetero) is 1. The number of fused-ring (bicyclic) bond motifs is 1. The average molecular weight is 330 g/mol. The molecule has 1 heterocycles. The first kappa shape index (κ1) is 16.4. The van der Waals surface area contributed by atoms with E-state index in [-0.39, 0.29) is 11.2 Å². The minimum absolute atomic E-state index is 0.0524. The number of nitrogens with zero attached hydrogens (tertiary/aromatic N) is 1.